The lowest BCUT2D eigenvalue weighted by Gasteiger charge is -2.22. The molecule has 0 aromatic carbocycles. The van der Waals surface area contributed by atoms with Crippen LogP contribution in [0.15, 0.2) is 0 Å². The Morgan fingerprint density at radius 3 is 2.68 bits per heavy atom. The Bertz CT molecular complexity index is 316. The Kier molecular flexibility index (Phi) is 6.24. The monoisotopic (exact) mass is 272 g/mol. The van der Waals surface area contributed by atoms with Crippen LogP contribution < -0.4 is 11.1 Å². The zero-order chi connectivity index (χ0) is 14.4. The zero-order valence-corrected chi connectivity index (χ0v) is 11.6. The fraction of sp³-hybridized carbons (Fsp3) is 0.846. The van der Waals surface area contributed by atoms with Crippen molar-refractivity contribution in [2.45, 2.75) is 57.7 Å². The van der Waals surface area contributed by atoms with E-state index in [4.69, 9.17) is 15.6 Å². The minimum atomic E-state index is -1.04. The van der Waals surface area contributed by atoms with Gasteiger partial charge in [-0.25, -0.2) is 4.79 Å². The van der Waals surface area contributed by atoms with Crippen LogP contribution in [0.3, 0.4) is 0 Å². The van der Waals surface area contributed by atoms with Crippen LogP contribution in [0.4, 0.5) is 0 Å². The van der Waals surface area contributed by atoms with Crippen LogP contribution in [0.2, 0.25) is 0 Å². The van der Waals surface area contributed by atoms with E-state index in [2.05, 4.69) is 5.32 Å². The summed E-state index contributed by atoms with van der Waals surface area (Å²) in [5.41, 5.74) is 5.79. The molecule has 1 saturated heterocycles. The molecule has 0 spiro atoms. The molecule has 110 valence electrons. The van der Waals surface area contributed by atoms with Gasteiger partial charge in [0.15, 0.2) is 0 Å². The van der Waals surface area contributed by atoms with Crippen LogP contribution in [-0.2, 0) is 14.3 Å². The number of carboxylic acid groups (broad SMARTS) is 1. The van der Waals surface area contributed by atoms with Crippen LogP contribution in [0.1, 0.15) is 39.5 Å². The molecule has 1 aliphatic heterocycles. The van der Waals surface area contributed by atoms with Crippen molar-refractivity contribution < 1.29 is 19.4 Å². The number of carboxylic acids is 1. The van der Waals surface area contributed by atoms with E-state index in [0.717, 1.165) is 19.3 Å². The molecular formula is C13H24N2O4. The first-order chi connectivity index (χ1) is 8.95. The van der Waals surface area contributed by atoms with Gasteiger partial charge in [-0.3, -0.25) is 4.79 Å². The smallest absolute Gasteiger partial charge is 0.326 e. The van der Waals surface area contributed by atoms with E-state index in [1.165, 1.54) is 0 Å². The van der Waals surface area contributed by atoms with E-state index in [-0.39, 0.29) is 12.0 Å². The molecule has 6 heteroatoms. The van der Waals surface area contributed by atoms with Gasteiger partial charge < -0.3 is 20.9 Å². The maximum atomic E-state index is 11.9. The predicted molar refractivity (Wildman–Crippen MR) is 70.6 cm³/mol. The molecule has 1 heterocycles. The van der Waals surface area contributed by atoms with E-state index in [0.29, 0.717) is 13.0 Å². The maximum absolute atomic E-state index is 11.9. The van der Waals surface area contributed by atoms with E-state index < -0.39 is 24.0 Å². The Morgan fingerprint density at radius 2 is 2.21 bits per heavy atom. The van der Waals surface area contributed by atoms with Gasteiger partial charge in [0.1, 0.15) is 6.04 Å². The second-order valence-corrected chi connectivity index (χ2v) is 5.18. The second kappa shape index (κ2) is 7.45. The number of hydrogen-bond acceptors (Lipinski definition) is 4. The SMILES string of the molecule is CCC(C)C(N)C(=O)NC(CC1CCCO1)C(=O)O. The lowest BCUT2D eigenvalue weighted by atomic mass is 9.98. The average Bonchev–Trinajstić information content (AvgIpc) is 2.88. The molecule has 0 saturated carbocycles. The Morgan fingerprint density at radius 1 is 1.53 bits per heavy atom. The Labute approximate surface area is 113 Å². The normalized spacial score (nSPS) is 23.6. The summed E-state index contributed by atoms with van der Waals surface area (Å²) in [7, 11) is 0. The number of carbonyl (C=O) groups excluding carboxylic acids is 1. The highest BCUT2D eigenvalue weighted by atomic mass is 16.5. The second-order valence-electron chi connectivity index (χ2n) is 5.18. The molecule has 0 bridgehead atoms. The van der Waals surface area contributed by atoms with Gasteiger partial charge in [0.25, 0.3) is 0 Å². The topological polar surface area (TPSA) is 102 Å². The quantitative estimate of drug-likeness (QED) is 0.626. The minimum Gasteiger partial charge on any atom is -0.480 e. The average molecular weight is 272 g/mol. The largest absolute Gasteiger partial charge is 0.480 e. The molecule has 0 aromatic rings. The molecule has 4 atom stereocenters. The molecule has 1 aliphatic rings. The number of aliphatic carboxylic acids is 1. The summed E-state index contributed by atoms with van der Waals surface area (Å²) >= 11 is 0. The van der Waals surface area contributed by atoms with Gasteiger partial charge in [0, 0.05) is 13.0 Å². The van der Waals surface area contributed by atoms with E-state index in [1.54, 1.807) is 0 Å². The number of nitrogens with two attached hydrogens (primary N) is 1. The summed E-state index contributed by atoms with van der Waals surface area (Å²) in [6.07, 6.45) is 2.78. The molecule has 1 rings (SSSR count). The van der Waals surface area contributed by atoms with Crippen molar-refractivity contribution in [3.05, 3.63) is 0 Å². The number of nitrogens with one attached hydrogen (secondary N) is 1. The summed E-state index contributed by atoms with van der Waals surface area (Å²) in [6.45, 7) is 4.48. The Balaban J connectivity index is 2.52. The number of ether oxygens (including phenoxy) is 1. The third kappa shape index (κ3) is 4.80. The molecular weight excluding hydrogens is 248 g/mol. The first-order valence-corrected chi connectivity index (χ1v) is 6.86. The van der Waals surface area contributed by atoms with Gasteiger partial charge in [-0.15, -0.1) is 0 Å². The summed E-state index contributed by atoms with van der Waals surface area (Å²) in [5, 5.41) is 11.7. The van der Waals surface area contributed by atoms with Gasteiger partial charge in [0.2, 0.25) is 5.91 Å². The fourth-order valence-electron chi connectivity index (χ4n) is 2.09. The highest BCUT2D eigenvalue weighted by Crippen LogP contribution is 2.17. The van der Waals surface area contributed by atoms with Crippen LogP contribution in [0.25, 0.3) is 0 Å². The minimum absolute atomic E-state index is 0.0252. The molecule has 0 radical (unpaired) electrons. The van der Waals surface area contributed by atoms with Crippen molar-refractivity contribution in [2.75, 3.05) is 6.61 Å². The van der Waals surface area contributed by atoms with E-state index >= 15 is 0 Å². The van der Waals surface area contributed by atoms with Crippen molar-refractivity contribution in [3.63, 3.8) is 0 Å². The number of amides is 1. The van der Waals surface area contributed by atoms with Gasteiger partial charge in [-0.05, 0) is 18.8 Å². The third-order valence-corrected chi connectivity index (χ3v) is 3.70. The summed E-state index contributed by atoms with van der Waals surface area (Å²) in [5.74, 6) is -1.42. The molecule has 1 amide bonds. The van der Waals surface area contributed by atoms with Gasteiger partial charge >= 0.3 is 5.97 Å². The highest BCUT2D eigenvalue weighted by molar-refractivity contribution is 5.86. The summed E-state index contributed by atoms with van der Waals surface area (Å²) in [4.78, 5) is 23.1. The zero-order valence-electron chi connectivity index (χ0n) is 11.6. The third-order valence-electron chi connectivity index (χ3n) is 3.70. The highest BCUT2D eigenvalue weighted by Gasteiger charge is 2.29. The van der Waals surface area contributed by atoms with Crippen molar-refractivity contribution >= 4 is 11.9 Å². The molecule has 19 heavy (non-hydrogen) atoms. The van der Waals surface area contributed by atoms with Gasteiger partial charge in [0.05, 0.1) is 12.1 Å². The van der Waals surface area contributed by atoms with E-state index in [1.807, 2.05) is 13.8 Å². The molecule has 6 nitrogen and oxygen atoms in total. The van der Waals surface area contributed by atoms with Crippen molar-refractivity contribution in [1.82, 2.24) is 5.32 Å². The number of rotatable bonds is 7. The molecule has 4 N–H and O–H groups in total. The molecule has 0 aromatic heterocycles. The maximum Gasteiger partial charge on any atom is 0.326 e. The fourth-order valence-corrected chi connectivity index (χ4v) is 2.09. The molecule has 4 unspecified atom stereocenters. The van der Waals surface area contributed by atoms with E-state index in [9.17, 15) is 9.59 Å². The van der Waals surface area contributed by atoms with Gasteiger partial charge in [-0.1, -0.05) is 20.3 Å². The standard InChI is InChI=1S/C13H24N2O4/c1-3-8(2)11(14)12(16)15-10(13(17)18)7-9-5-4-6-19-9/h8-11H,3-7,14H2,1-2H3,(H,15,16)(H,17,18). The Hall–Kier alpha value is -1.14. The van der Waals surface area contributed by atoms with Crippen LogP contribution in [0, 0.1) is 5.92 Å². The lowest BCUT2D eigenvalue weighted by molar-refractivity contribution is -0.143. The van der Waals surface area contributed by atoms with Crippen LogP contribution in [0.5, 0.6) is 0 Å². The summed E-state index contributed by atoms with van der Waals surface area (Å²) in [6, 6.07) is -1.60. The van der Waals surface area contributed by atoms with Crippen molar-refractivity contribution in [2.24, 2.45) is 11.7 Å². The first-order valence-electron chi connectivity index (χ1n) is 6.86. The van der Waals surface area contributed by atoms with Crippen molar-refractivity contribution in [3.8, 4) is 0 Å². The number of carbonyl (C=O) groups is 2. The molecule has 0 aliphatic carbocycles. The van der Waals surface area contributed by atoms with Gasteiger partial charge in [-0.2, -0.15) is 0 Å². The number of hydrogen-bond donors (Lipinski definition) is 3. The lowest BCUT2D eigenvalue weighted by Crippen LogP contribution is -2.51. The predicted octanol–water partition coefficient (Wildman–Crippen LogP) is 0.498. The first kappa shape index (κ1) is 15.9. The van der Waals surface area contributed by atoms with Crippen LogP contribution in [-0.4, -0.2) is 41.8 Å². The molecule has 1 fully saturated rings. The summed E-state index contributed by atoms with van der Waals surface area (Å²) < 4.78 is 5.40. The van der Waals surface area contributed by atoms with Crippen molar-refractivity contribution in [1.29, 1.82) is 0 Å². The van der Waals surface area contributed by atoms with Crippen LogP contribution >= 0.6 is 0 Å².